The standard InChI is InChI=1S/C20H20ClN5O2S/c21-15-2-1-3-18(12-15)26-14-22-24-20(26)29-13-19(27)23-16-4-6-17(7-5-16)25-8-10-28-11-9-25/h1-7,12,14H,8-11,13H2,(H,23,27). The predicted octanol–water partition coefficient (Wildman–Crippen LogP) is 3.49. The first-order chi connectivity index (χ1) is 14.2. The molecule has 0 radical (unpaired) electrons. The number of nitrogens with zero attached hydrogens (tertiary/aromatic N) is 4. The molecule has 1 fully saturated rings. The van der Waals surface area contributed by atoms with Crippen molar-refractivity contribution in [1.29, 1.82) is 0 Å². The normalized spacial score (nSPS) is 14.0. The fourth-order valence-electron chi connectivity index (χ4n) is 3.03. The van der Waals surface area contributed by atoms with E-state index in [9.17, 15) is 4.79 Å². The lowest BCUT2D eigenvalue weighted by molar-refractivity contribution is -0.113. The van der Waals surface area contributed by atoms with Gasteiger partial charge < -0.3 is 15.0 Å². The number of hydrogen-bond donors (Lipinski definition) is 1. The molecule has 0 atom stereocenters. The number of nitrogens with one attached hydrogen (secondary N) is 1. The molecule has 1 aliphatic heterocycles. The predicted molar refractivity (Wildman–Crippen MR) is 115 cm³/mol. The molecule has 29 heavy (non-hydrogen) atoms. The number of hydrogen-bond acceptors (Lipinski definition) is 6. The van der Waals surface area contributed by atoms with Crippen LogP contribution in [0.5, 0.6) is 0 Å². The van der Waals surface area contributed by atoms with Crippen LogP contribution in [0.4, 0.5) is 11.4 Å². The van der Waals surface area contributed by atoms with E-state index in [4.69, 9.17) is 16.3 Å². The number of benzene rings is 2. The Bertz CT molecular complexity index is 973. The molecule has 9 heteroatoms. The Kier molecular flexibility index (Phi) is 6.33. The zero-order valence-electron chi connectivity index (χ0n) is 15.6. The van der Waals surface area contributed by atoms with Crippen molar-refractivity contribution < 1.29 is 9.53 Å². The monoisotopic (exact) mass is 429 g/mol. The van der Waals surface area contributed by atoms with Crippen LogP contribution in [-0.2, 0) is 9.53 Å². The third-order valence-electron chi connectivity index (χ3n) is 4.46. The van der Waals surface area contributed by atoms with E-state index in [1.54, 1.807) is 17.0 Å². The minimum absolute atomic E-state index is 0.102. The van der Waals surface area contributed by atoms with Crippen LogP contribution in [0.15, 0.2) is 60.0 Å². The van der Waals surface area contributed by atoms with Gasteiger partial charge in [0.25, 0.3) is 0 Å². The second-order valence-corrected chi connectivity index (χ2v) is 7.83. The lowest BCUT2D eigenvalue weighted by Gasteiger charge is -2.28. The number of aromatic nitrogens is 3. The first kappa shape index (κ1) is 19.8. The number of amides is 1. The van der Waals surface area contributed by atoms with Crippen LogP contribution in [0.25, 0.3) is 5.69 Å². The molecule has 0 saturated carbocycles. The third kappa shape index (κ3) is 5.09. The van der Waals surface area contributed by atoms with E-state index in [1.807, 2.05) is 42.5 Å². The van der Waals surface area contributed by atoms with Gasteiger partial charge in [-0.05, 0) is 42.5 Å². The van der Waals surface area contributed by atoms with Gasteiger partial charge in [0.2, 0.25) is 5.91 Å². The number of morpholine rings is 1. The van der Waals surface area contributed by atoms with Crippen LogP contribution in [0.3, 0.4) is 0 Å². The Labute approximate surface area is 178 Å². The zero-order chi connectivity index (χ0) is 20.1. The first-order valence-corrected chi connectivity index (χ1v) is 10.6. The number of carbonyl (C=O) groups is 1. The maximum atomic E-state index is 12.4. The van der Waals surface area contributed by atoms with Gasteiger partial charge in [-0.1, -0.05) is 29.4 Å². The van der Waals surface area contributed by atoms with Gasteiger partial charge in [-0.25, -0.2) is 0 Å². The Morgan fingerprint density at radius 3 is 2.69 bits per heavy atom. The average molecular weight is 430 g/mol. The topological polar surface area (TPSA) is 72.3 Å². The van der Waals surface area contributed by atoms with Gasteiger partial charge in [-0.15, -0.1) is 10.2 Å². The highest BCUT2D eigenvalue weighted by Crippen LogP contribution is 2.23. The summed E-state index contributed by atoms with van der Waals surface area (Å²) in [6.45, 7) is 3.26. The van der Waals surface area contributed by atoms with Crippen molar-refractivity contribution in [3.8, 4) is 5.69 Å². The Hall–Kier alpha value is -2.55. The number of halogens is 1. The summed E-state index contributed by atoms with van der Waals surface area (Å²) in [5.74, 6) is 0.125. The molecular weight excluding hydrogens is 410 g/mol. The maximum Gasteiger partial charge on any atom is 0.234 e. The summed E-state index contributed by atoms with van der Waals surface area (Å²) in [5, 5.41) is 12.2. The molecule has 0 bridgehead atoms. The van der Waals surface area contributed by atoms with E-state index in [1.165, 1.54) is 11.8 Å². The summed E-state index contributed by atoms with van der Waals surface area (Å²) in [6, 6.07) is 15.3. The molecule has 0 spiro atoms. The number of carbonyl (C=O) groups excluding carboxylic acids is 1. The van der Waals surface area contributed by atoms with E-state index in [0.29, 0.717) is 10.2 Å². The number of rotatable bonds is 6. The molecule has 2 aromatic carbocycles. The maximum absolute atomic E-state index is 12.4. The average Bonchev–Trinajstić information content (AvgIpc) is 3.22. The summed E-state index contributed by atoms with van der Waals surface area (Å²) >= 11 is 7.38. The minimum Gasteiger partial charge on any atom is -0.378 e. The molecule has 2 heterocycles. The number of ether oxygens (including phenoxy) is 1. The largest absolute Gasteiger partial charge is 0.378 e. The van der Waals surface area contributed by atoms with Gasteiger partial charge in [0.1, 0.15) is 6.33 Å². The molecule has 3 aromatic rings. The second-order valence-electron chi connectivity index (χ2n) is 6.45. The van der Waals surface area contributed by atoms with Crippen LogP contribution >= 0.6 is 23.4 Å². The fraction of sp³-hybridized carbons (Fsp3) is 0.250. The first-order valence-electron chi connectivity index (χ1n) is 9.20. The van der Waals surface area contributed by atoms with Crippen molar-refractivity contribution in [2.45, 2.75) is 5.16 Å². The fourth-order valence-corrected chi connectivity index (χ4v) is 3.94. The van der Waals surface area contributed by atoms with Crippen molar-refractivity contribution in [2.24, 2.45) is 0 Å². The molecule has 1 saturated heterocycles. The number of thioether (sulfide) groups is 1. The van der Waals surface area contributed by atoms with Gasteiger partial charge in [0.15, 0.2) is 5.16 Å². The lowest BCUT2D eigenvalue weighted by atomic mass is 10.2. The highest BCUT2D eigenvalue weighted by molar-refractivity contribution is 7.99. The van der Waals surface area contributed by atoms with Gasteiger partial charge >= 0.3 is 0 Å². The van der Waals surface area contributed by atoms with Crippen molar-refractivity contribution in [1.82, 2.24) is 14.8 Å². The van der Waals surface area contributed by atoms with Crippen molar-refractivity contribution in [2.75, 3.05) is 42.3 Å². The van der Waals surface area contributed by atoms with E-state index >= 15 is 0 Å². The van der Waals surface area contributed by atoms with Crippen molar-refractivity contribution in [3.05, 3.63) is 59.9 Å². The molecule has 4 rings (SSSR count). The highest BCUT2D eigenvalue weighted by Gasteiger charge is 2.13. The van der Waals surface area contributed by atoms with E-state index in [2.05, 4.69) is 20.4 Å². The summed E-state index contributed by atoms with van der Waals surface area (Å²) in [6.07, 6.45) is 1.61. The molecule has 1 aromatic heterocycles. The van der Waals surface area contributed by atoms with Crippen LogP contribution in [0, 0.1) is 0 Å². The van der Waals surface area contributed by atoms with Crippen LogP contribution in [-0.4, -0.2) is 52.7 Å². The molecule has 7 nitrogen and oxygen atoms in total. The van der Waals surface area contributed by atoms with Gasteiger partial charge in [-0.2, -0.15) is 0 Å². The van der Waals surface area contributed by atoms with Crippen LogP contribution < -0.4 is 10.2 Å². The zero-order valence-corrected chi connectivity index (χ0v) is 17.2. The summed E-state index contributed by atoms with van der Waals surface area (Å²) in [5.41, 5.74) is 2.75. The molecule has 1 amide bonds. The van der Waals surface area contributed by atoms with Crippen molar-refractivity contribution in [3.63, 3.8) is 0 Å². The number of anilines is 2. The Balaban J connectivity index is 1.33. The quantitative estimate of drug-likeness (QED) is 0.605. The molecule has 0 unspecified atom stereocenters. The van der Waals surface area contributed by atoms with Gasteiger partial charge in [-0.3, -0.25) is 9.36 Å². The highest BCUT2D eigenvalue weighted by atomic mass is 35.5. The van der Waals surface area contributed by atoms with Gasteiger partial charge in [0, 0.05) is 29.5 Å². The smallest absolute Gasteiger partial charge is 0.234 e. The third-order valence-corrected chi connectivity index (χ3v) is 5.64. The van der Waals surface area contributed by atoms with Crippen LogP contribution in [0.1, 0.15) is 0 Å². The Morgan fingerprint density at radius 2 is 1.93 bits per heavy atom. The molecule has 1 aliphatic rings. The second kappa shape index (κ2) is 9.30. The summed E-state index contributed by atoms with van der Waals surface area (Å²) in [7, 11) is 0. The molecular formula is C20H20ClN5O2S. The van der Waals surface area contributed by atoms with Crippen molar-refractivity contribution >= 4 is 40.6 Å². The summed E-state index contributed by atoms with van der Waals surface area (Å²) < 4.78 is 7.19. The Morgan fingerprint density at radius 1 is 1.14 bits per heavy atom. The minimum atomic E-state index is -0.102. The van der Waals surface area contributed by atoms with Crippen LogP contribution in [0.2, 0.25) is 5.02 Å². The van der Waals surface area contributed by atoms with E-state index in [0.717, 1.165) is 43.4 Å². The SMILES string of the molecule is O=C(CSc1nncn1-c1cccc(Cl)c1)Nc1ccc(N2CCOCC2)cc1. The molecule has 150 valence electrons. The molecule has 0 aliphatic carbocycles. The lowest BCUT2D eigenvalue weighted by Crippen LogP contribution is -2.36. The van der Waals surface area contributed by atoms with E-state index in [-0.39, 0.29) is 11.7 Å². The van der Waals surface area contributed by atoms with Gasteiger partial charge in [0.05, 0.1) is 24.7 Å². The van der Waals surface area contributed by atoms with E-state index < -0.39 is 0 Å². The summed E-state index contributed by atoms with van der Waals surface area (Å²) in [4.78, 5) is 14.6. The molecule has 1 N–H and O–H groups in total.